The first-order valence-electron chi connectivity index (χ1n) is 9.78. The van der Waals surface area contributed by atoms with Gasteiger partial charge in [0.25, 0.3) is 10.0 Å². The first-order valence-corrected chi connectivity index (χ1v) is 17.9. The molecule has 1 aliphatic heterocycles. The van der Waals surface area contributed by atoms with Crippen LogP contribution in [0.4, 0.5) is 0 Å². The Balaban J connectivity index is 1.91. The van der Waals surface area contributed by atoms with Crippen molar-refractivity contribution >= 4 is 51.2 Å². The largest absolute Gasteiger partial charge is 0.420 e. The Morgan fingerprint density at radius 3 is 1.48 bits per heavy atom. The van der Waals surface area contributed by atoms with Crippen LogP contribution in [0.25, 0.3) is 0 Å². The quantitative estimate of drug-likeness (QED) is 0.567. The van der Waals surface area contributed by atoms with Gasteiger partial charge in [0.2, 0.25) is 0 Å². The lowest BCUT2D eigenvalue weighted by molar-refractivity contribution is 0.274. The van der Waals surface area contributed by atoms with E-state index in [0.29, 0.717) is 0 Å². The highest BCUT2D eigenvalue weighted by Crippen LogP contribution is 2.25. The van der Waals surface area contributed by atoms with Crippen LogP contribution in [0.15, 0.2) is 91.0 Å². The molecule has 0 bridgehead atoms. The zero-order valence-electron chi connectivity index (χ0n) is 17.0. The maximum absolute atomic E-state index is 7.18. The molecule has 1 atom stereocenters. The number of hydrogen-bond acceptors (Lipinski definition) is 4. The van der Waals surface area contributed by atoms with Crippen LogP contribution in [0, 0.1) is 0 Å². The molecule has 0 spiro atoms. The summed E-state index contributed by atoms with van der Waals surface area (Å²) in [7, 11) is -9.48. The third kappa shape index (κ3) is 4.30. The smallest absolute Gasteiger partial charge is 0.389 e. The molecule has 3 aromatic rings. The van der Waals surface area contributed by atoms with E-state index in [1.165, 1.54) is 0 Å². The Bertz CT molecular complexity index is 901. The lowest BCUT2D eigenvalue weighted by Crippen LogP contribution is -2.74. The van der Waals surface area contributed by atoms with Crippen LogP contribution in [0.3, 0.4) is 0 Å². The second-order valence-electron chi connectivity index (χ2n) is 7.67. The average molecular weight is 455 g/mol. The highest BCUT2D eigenvalue weighted by molar-refractivity contribution is 7.03. The van der Waals surface area contributed by atoms with Gasteiger partial charge in [-0.3, -0.25) is 0 Å². The summed E-state index contributed by atoms with van der Waals surface area (Å²) in [6, 6.07) is 31.0. The molecule has 1 heterocycles. The Labute approximate surface area is 178 Å². The first kappa shape index (κ1) is 20.6. The van der Waals surface area contributed by atoms with Crippen molar-refractivity contribution in [1.29, 1.82) is 0 Å². The van der Waals surface area contributed by atoms with Gasteiger partial charge in [0, 0.05) is 0 Å². The highest BCUT2D eigenvalue weighted by atomic mass is 28.5. The molecule has 0 aromatic heterocycles. The standard InChI is InChI=1S/C21H26O4Si4/c1-27(2)22-26-23-29(20-15-9-5-10-16-20,21-17-11-6-12-18-21)25-28(3,24-27)19-13-7-4-8-14-19/h4-18H,26H2,1-3H3. The zero-order chi connectivity index (χ0) is 20.4. The van der Waals surface area contributed by atoms with Gasteiger partial charge in [0.15, 0.2) is 0 Å². The van der Waals surface area contributed by atoms with Crippen molar-refractivity contribution in [3.8, 4) is 0 Å². The third-order valence-electron chi connectivity index (χ3n) is 5.05. The van der Waals surface area contributed by atoms with E-state index in [1.807, 2.05) is 54.6 Å². The predicted octanol–water partition coefficient (Wildman–Crippen LogP) is 2.00. The predicted molar refractivity (Wildman–Crippen MR) is 126 cm³/mol. The van der Waals surface area contributed by atoms with Gasteiger partial charge in [0.05, 0.1) is 0 Å². The molecule has 1 unspecified atom stereocenters. The van der Waals surface area contributed by atoms with E-state index in [9.17, 15) is 0 Å². The third-order valence-corrected chi connectivity index (χ3v) is 20.2. The minimum absolute atomic E-state index is 1.09. The summed E-state index contributed by atoms with van der Waals surface area (Å²) < 4.78 is 27.0. The molecule has 1 saturated heterocycles. The van der Waals surface area contributed by atoms with E-state index < -0.39 is 35.7 Å². The van der Waals surface area contributed by atoms with Crippen molar-refractivity contribution in [2.45, 2.75) is 19.6 Å². The van der Waals surface area contributed by atoms with Crippen molar-refractivity contribution in [2.75, 3.05) is 0 Å². The van der Waals surface area contributed by atoms with E-state index in [0.717, 1.165) is 15.6 Å². The Hall–Kier alpha value is -1.63. The molecule has 0 radical (unpaired) electrons. The van der Waals surface area contributed by atoms with Gasteiger partial charge in [0.1, 0.15) is 0 Å². The van der Waals surface area contributed by atoms with Crippen molar-refractivity contribution in [2.24, 2.45) is 0 Å². The summed E-state index contributed by atoms with van der Waals surface area (Å²) in [5, 5.41) is 3.27. The SMILES string of the molecule is C[Si]1(C)O[SiH2]O[Si](c2ccccc2)(c2ccccc2)O[Si](C)(c2ccccc2)O1. The lowest BCUT2D eigenvalue weighted by Gasteiger charge is -2.45. The maximum Gasteiger partial charge on any atom is 0.389 e. The summed E-state index contributed by atoms with van der Waals surface area (Å²) in [5.41, 5.74) is 0. The second kappa shape index (κ2) is 8.24. The highest BCUT2D eigenvalue weighted by Gasteiger charge is 2.54. The fourth-order valence-electron chi connectivity index (χ4n) is 3.70. The molecule has 1 aliphatic rings. The molecule has 0 N–H and O–H groups in total. The Morgan fingerprint density at radius 1 is 0.552 bits per heavy atom. The molecule has 8 heteroatoms. The molecule has 0 amide bonds. The van der Waals surface area contributed by atoms with Gasteiger partial charge >= 0.3 is 25.7 Å². The van der Waals surface area contributed by atoms with Crippen molar-refractivity contribution in [3.05, 3.63) is 91.0 Å². The van der Waals surface area contributed by atoms with E-state index in [1.54, 1.807) is 0 Å². The van der Waals surface area contributed by atoms with Crippen LogP contribution < -0.4 is 15.6 Å². The maximum atomic E-state index is 7.18. The Kier molecular flexibility index (Phi) is 5.87. The molecule has 0 saturated carbocycles. The van der Waals surface area contributed by atoms with Gasteiger partial charge < -0.3 is 16.5 Å². The van der Waals surface area contributed by atoms with Gasteiger partial charge in [-0.15, -0.1) is 0 Å². The molecule has 4 rings (SSSR count). The number of benzene rings is 3. The summed E-state index contributed by atoms with van der Waals surface area (Å²) in [5.74, 6) is 0. The van der Waals surface area contributed by atoms with Gasteiger partial charge in [-0.1, -0.05) is 91.0 Å². The van der Waals surface area contributed by atoms with Crippen LogP contribution >= 0.6 is 0 Å². The molecular weight excluding hydrogens is 429 g/mol. The lowest BCUT2D eigenvalue weighted by atomic mass is 10.4. The molecule has 1 fully saturated rings. The fraction of sp³-hybridized carbons (Fsp3) is 0.143. The summed E-state index contributed by atoms with van der Waals surface area (Å²) in [4.78, 5) is 0. The molecule has 150 valence electrons. The monoisotopic (exact) mass is 454 g/mol. The topological polar surface area (TPSA) is 36.9 Å². The van der Waals surface area contributed by atoms with Crippen LogP contribution in [-0.2, 0) is 16.5 Å². The van der Waals surface area contributed by atoms with Crippen molar-refractivity contribution < 1.29 is 16.5 Å². The van der Waals surface area contributed by atoms with Crippen molar-refractivity contribution in [1.82, 2.24) is 0 Å². The molecule has 29 heavy (non-hydrogen) atoms. The van der Waals surface area contributed by atoms with Crippen LogP contribution in [-0.4, -0.2) is 35.7 Å². The minimum Gasteiger partial charge on any atom is -0.420 e. The average Bonchev–Trinajstić information content (AvgIpc) is 2.73. The normalized spacial score (nSPS) is 24.5. The van der Waals surface area contributed by atoms with Crippen LogP contribution in [0.2, 0.25) is 19.6 Å². The van der Waals surface area contributed by atoms with Crippen molar-refractivity contribution in [3.63, 3.8) is 0 Å². The van der Waals surface area contributed by atoms with Gasteiger partial charge in [-0.25, -0.2) is 0 Å². The van der Waals surface area contributed by atoms with Gasteiger partial charge in [-0.2, -0.15) is 0 Å². The van der Waals surface area contributed by atoms with E-state index in [-0.39, 0.29) is 0 Å². The number of hydrogen-bond donors (Lipinski definition) is 0. The minimum atomic E-state index is -3.00. The van der Waals surface area contributed by atoms with Gasteiger partial charge in [-0.05, 0) is 35.2 Å². The van der Waals surface area contributed by atoms with E-state index >= 15 is 0 Å². The molecular formula is C21H26O4Si4. The summed E-state index contributed by atoms with van der Waals surface area (Å²) >= 11 is 0. The molecule has 4 nitrogen and oxygen atoms in total. The Morgan fingerprint density at radius 2 is 1.00 bits per heavy atom. The van der Waals surface area contributed by atoms with E-state index in [4.69, 9.17) is 16.5 Å². The van der Waals surface area contributed by atoms with Crippen LogP contribution in [0.1, 0.15) is 0 Å². The van der Waals surface area contributed by atoms with E-state index in [2.05, 4.69) is 56.0 Å². The second-order valence-corrected chi connectivity index (χ2v) is 19.5. The zero-order valence-corrected chi connectivity index (χ0v) is 21.4. The number of rotatable bonds is 3. The first-order chi connectivity index (χ1) is 13.9. The summed E-state index contributed by atoms with van der Waals surface area (Å²) in [6.07, 6.45) is 0. The molecule has 0 aliphatic carbocycles. The summed E-state index contributed by atoms with van der Waals surface area (Å²) in [6.45, 7) is 6.30. The molecule has 3 aromatic carbocycles. The fourth-order valence-corrected chi connectivity index (χ4v) is 19.9. The van der Waals surface area contributed by atoms with Crippen LogP contribution in [0.5, 0.6) is 0 Å².